The number of amides is 3. The molecule has 1 heterocycles. The first-order chi connectivity index (χ1) is 12.5. The molecule has 0 spiro atoms. The third kappa shape index (κ3) is 4.99. The van der Waals surface area contributed by atoms with Gasteiger partial charge in [0.2, 0.25) is 6.10 Å². The van der Waals surface area contributed by atoms with E-state index in [0.29, 0.717) is 4.90 Å². The maximum Gasteiger partial charge on any atom is 0.407 e. The van der Waals surface area contributed by atoms with Crippen LogP contribution in [0.3, 0.4) is 0 Å². The van der Waals surface area contributed by atoms with Gasteiger partial charge in [-0.3, -0.25) is 24.1 Å². The van der Waals surface area contributed by atoms with E-state index in [9.17, 15) is 28.8 Å². The highest BCUT2D eigenvalue weighted by atomic mass is 16.6. The lowest BCUT2D eigenvalue weighted by molar-refractivity contribution is -0.165. The Morgan fingerprint density at radius 1 is 1.11 bits per heavy atom. The highest BCUT2D eigenvalue weighted by molar-refractivity contribution is 6.16. The first-order valence-electron chi connectivity index (χ1n) is 8.27. The lowest BCUT2D eigenvalue weighted by Crippen LogP contribution is -2.53. The van der Waals surface area contributed by atoms with E-state index in [1.807, 2.05) is 0 Å². The van der Waals surface area contributed by atoms with Crippen LogP contribution in [0.2, 0.25) is 0 Å². The quantitative estimate of drug-likeness (QED) is 0.388. The normalized spacial score (nSPS) is 18.9. The van der Waals surface area contributed by atoms with Crippen LogP contribution >= 0.6 is 0 Å². The highest BCUT2D eigenvalue weighted by Gasteiger charge is 2.42. The van der Waals surface area contributed by atoms with Gasteiger partial charge in [-0.15, -0.1) is 0 Å². The molecule has 1 aliphatic carbocycles. The Labute approximate surface area is 154 Å². The maximum absolute atomic E-state index is 12.5. The van der Waals surface area contributed by atoms with Crippen LogP contribution in [0.1, 0.15) is 33.6 Å². The molecule has 1 atom stereocenters. The first kappa shape index (κ1) is 20.3. The predicted molar refractivity (Wildman–Crippen MR) is 88.1 cm³/mol. The Bertz CT molecular complexity index is 700. The van der Waals surface area contributed by atoms with Crippen LogP contribution in [0.5, 0.6) is 0 Å². The molecule has 0 aromatic carbocycles. The van der Waals surface area contributed by atoms with Crippen molar-refractivity contribution >= 4 is 35.4 Å². The summed E-state index contributed by atoms with van der Waals surface area (Å²) >= 11 is 0. The summed E-state index contributed by atoms with van der Waals surface area (Å²) < 4.78 is 9.97. The lowest BCUT2D eigenvalue weighted by Gasteiger charge is -2.26. The molecule has 146 valence electrons. The van der Waals surface area contributed by atoms with Gasteiger partial charge in [-0.05, 0) is 20.8 Å². The average Bonchev–Trinajstić information content (AvgIpc) is 3.03. The summed E-state index contributed by atoms with van der Waals surface area (Å²) in [5.41, 5.74) is -0.802. The van der Waals surface area contributed by atoms with Gasteiger partial charge in [0.25, 0.3) is 11.8 Å². The number of carbonyl (C=O) groups is 6. The lowest BCUT2D eigenvalue weighted by atomic mass is 10.2. The Morgan fingerprint density at radius 2 is 1.63 bits per heavy atom. The largest absolute Gasteiger partial charge is 0.445 e. The molecule has 0 radical (unpaired) electrons. The number of Topliss-reactive ketones (excluding diaryl/α,β-unsaturated/α-hetero) is 2. The van der Waals surface area contributed by atoms with Gasteiger partial charge >= 0.3 is 12.1 Å². The van der Waals surface area contributed by atoms with Crippen LogP contribution < -0.4 is 5.32 Å². The maximum atomic E-state index is 12.5. The topological polar surface area (TPSA) is 136 Å². The number of hydrogen-bond donors (Lipinski definition) is 1. The van der Waals surface area contributed by atoms with Gasteiger partial charge in [0.05, 0.1) is 6.54 Å². The highest BCUT2D eigenvalue weighted by Crippen LogP contribution is 2.17. The van der Waals surface area contributed by atoms with Crippen molar-refractivity contribution < 1.29 is 38.2 Å². The number of rotatable bonds is 5. The van der Waals surface area contributed by atoms with E-state index >= 15 is 0 Å². The second-order valence-electron chi connectivity index (χ2n) is 7.03. The van der Waals surface area contributed by atoms with Crippen LogP contribution in [0, 0.1) is 0 Å². The number of esters is 1. The van der Waals surface area contributed by atoms with Crippen molar-refractivity contribution in [3.05, 3.63) is 12.2 Å². The van der Waals surface area contributed by atoms with Crippen LogP contribution in [-0.2, 0) is 33.4 Å². The third-order valence-electron chi connectivity index (χ3n) is 3.70. The van der Waals surface area contributed by atoms with E-state index in [0.717, 1.165) is 12.2 Å². The number of ketones is 2. The van der Waals surface area contributed by atoms with E-state index in [4.69, 9.17) is 9.47 Å². The van der Waals surface area contributed by atoms with Crippen molar-refractivity contribution in [1.82, 2.24) is 10.2 Å². The van der Waals surface area contributed by atoms with Gasteiger partial charge in [-0.25, -0.2) is 9.59 Å². The summed E-state index contributed by atoms with van der Waals surface area (Å²) in [5.74, 6) is -3.81. The Morgan fingerprint density at radius 3 is 2.11 bits per heavy atom. The van der Waals surface area contributed by atoms with E-state index in [-0.39, 0.29) is 12.8 Å². The standard InChI is InChI=1S/C17H20N2O8/c1-17(2,3)27-16(25)18-8-9(19-12(22)6-7-13(19)23)15(24)26-14-10(20)4-5-11(14)21/h6-7,9,14H,4-5,8H2,1-3H3,(H,18,25)/t9-/m0/s1. The molecule has 2 rings (SSSR count). The van der Waals surface area contributed by atoms with Crippen molar-refractivity contribution in [2.24, 2.45) is 0 Å². The summed E-state index contributed by atoms with van der Waals surface area (Å²) in [4.78, 5) is 72.0. The average molecular weight is 380 g/mol. The van der Waals surface area contributed by atoms with Crippen LogP contribution in [-0.4, -0.2) is 64.6 Å². The molecule has 1 N–H and O–H groups in total. The smallest absolute Gasteiger partial charge is 0.407 e. The molecule has 10 heteroatoms. The van der Waals surface area contributed by atoms with Crippen molar-refractivity contribution in [3.63, 3.8) is 0 Å². The van der Waals surface area contributed by atoms with Gasteiger partial charge in [-0.2, -0.15) is 0 Å². The molecule has 3 amide bonds. The van der Waals surface area contributed by atoms with E-state index in [1.165, 1.54) is 0 Å². The summed E-state index contributed by atoms with van der Waals surface area (Å²) in [6.45, 7) is 4.40. The van der Waals surface area contributed by atoms with E-state index in [2.05, 4.69) is 5.32 Å². The molecule has 0 saturated heterocycles. The number of nitrogens with one attached hydrogen (secondary N) is 1. The summed E-state index contributed by atoms with van der Waals surface area (Å²) in [5, 5.41) is 2.28. The molecule has 10 nitrogen and oxygen atoms in total. The fraction of sp³-hybridized carbons (Fsp3) is 0.529. The Hall–Kier alpha value is -3.04. The Balaban J connectivity index is 2.12. The van der Waals surface area contributed by atoms with Crippen molar-refractivity contribution in [1.29, 1.82) is 0 Å². The molecular weight excluding hydrogens is 360 g/mol. The van der Waals surface area contributed by atoms with Crippen LogP contribution in [0.4, 0.5) is 4.79 Å². The molecule has 2 aliphatic rings. The fourth-order valence-corrected chi connectivity index (χ4v) is 2.51. The number of ether oxygens (including phenoxy) is 2. The zero-order valence-electron chi connectivity index (χ0n) is 15.1. The molecule has 1 aliphatic heterocycles. The van der Waals surface area contributed by atoms with Crippen molar-refractivity contribution in [2.75, 3.05) is 6.54 Å². The predicted octanol–water partition coefficient (Wildman–Crippen LogP) is -0.351. The van der Waals surface area contributed by atoms with Gasteiger partial charge in [-0.1, -0.05) is 0 Å². The van der Waals surface area contributed by atoms with Gasteiger partial charge in [0, 0.05) is 25.0 Å². The number of imide groups is 1. The minimum absolute atomic E-state index is 0.0409. The van der Waals surface area contributed by atoms with E-state index < -0.39 is 59.7 Å². The Kier molecular flexibility index (Phi) is 5.77. The summed E-state index contributed by atoms with van der Waals surface area (Å²) in [6, 6.07) is -1.55. The number of alkyl carbamates (subject to hydrolysis) is 1. The second kappa shape index (κ2) is 7.68. The molecule has 0 aromatic rings. The fourth-order valence-electron chi connectivity index (χ4n) is 2.51. The third-order valence-corrected chi connectivity index (χ3v) is 3.70. The number of nitrogens with zero attached hydrogens (tertiary/aromatic N) is 1. The van der Waals surface area contributed by atoms with Gasteiger partial charge in [0.15, 0.2) is 17.6 Å². The zero-order valence-corrected chi connectivity index (χ0v) is 15.1. The van der Waals surface area contributed by atoms with Gasteiger partial charge in [0.1, 0.15) is 5.60 Å². The SMILES string of the molecule is CC(C)(C)OC(=O)NC[C@@H](C(=O)OC1C(=O)CCC1=O)N1C(=O)C=CC1=O. The minimum Gasteiger partial charge on any atom is -0.445 e. The number of hydrogen-bond acceptors (Lipinski definition) is 8. The summed E-state index contributed by atoms with van der Waals surface area (Å²) in [7, 11) is 0. The minimum atomic E-state index is -1.55. The second-order valence-corrected chi connectivity index (χ2v) is 7.03. The molecular formula is C17H20N2O8. The molecule has 0 unspecified atom stereocenters. The first-order valence-corrected chi connectivity index (χ1v) is 8.27. The van der Waals surface area contributed by atoms with Crippen LogP contribution in [0.15, 0.2) is 12.2 Å². The van der Waals surface area contributed by atoms with Gasteiger partial charge < -0.3 is 14.8 Å². The molecule has 0 aromatic heterocycles. The molecule has 1 fully saturated rings. The monoisotopic (exact) mass is 380 g/mol. The zero-order chi connectivity index (χ0) is 20.4. The molecule has 27 heavy (non-hydrogen) atoms. The summed E-state index contributed by atoms with van der Waals surface area (Å²) in [6.07, 6.45) is -0.589. The van der Waals surface area contributed by atoms with Crippen molar-refractivity contribution in [3.8, 4) is 0 Å². The molecule has 1 saturated carbocycles. The van der Waals surface area contributed by atoms with E-state index in [1.54, 1.807) is 20.8 Å². The number of carbonyl (C=O) groups excluding carboxylic acids is 6. The molecule has 0 bridgehead atoms. The van der Waals surface area contributed by atoms with Crippen LogP contribution in [0.25, 0.3) is 0 Å². The van der Waals surface area contributed by atoms with Crippen molar-refractivity contribution in [2.45, 2.75) is 51.4 Å².